The van der Waals surface area contributed by atoms with Crippen LogP contribution in [0.5, 0.6) is 5.88 Å². The molecule has 0 aliphatic rings. The van der Waals surface area contributed by atoms with Crippen molar-refractivity contribution in [3.05, 3.63) is 12.1 Å². The molecule has 1 rings (SSSR count). The number of nitrogen functional groups attached to an aromatic ring is 1. The van der Waals surface area contributed by atoms with Crippen LogP contribution in [0.15, 0.2) is 12.1 Å². The molecule has 0 fully saturated rings. The largest absolute Gasteiger partial charge is 0.476 e. The lowest BCUT2D eigenvalue weighted by Gasteiger charge is -2.08. The van der Waals surface area contributed by atoms with Gasteiger partial charge in [-0.2, -0.15) is 4.98 Å². The molecule has 0 atom stereocenters. The van der Waals surface area contributed by atoms with Crippen LogP contribution in [0, 0.1) is 0 Å². The molecule has 1 aromatic rings. The number of aromatic nitrogens is 1. The number of hydrogen-bond donors (Lipinski definition) is 2. The molecule has 0 amide bonds. The van der Waals surface area contributed by atoms with Crippen molar-refractivity contribution >= 4 is 11.5 Å². The van der Waals surface area contributed by atoms with E-state index in [9.17, 15) is 0 Å². The average molecular weight is 195 g/mol. The number of rotatable bonds is 5. The minimum atomic E-state index is 0.508. The van der Waals surface area contributed by atoms with Crippen LogP contribution in [0.3, 0.4) is 0 Å². The fourth-order valence-electron chi connectivity index (χ4n) is 1.06. The first-order valence-electron chi connectivity index (χ1n) is 4.91. The monoisotopic (exact) mass is 195 g/mol. The summed E-state index contributed by atoms with van der Waals surface area (Å²) in [5, 5.41) is 3.17. The number of nitrogens with zero attached hydrogens (tertiary/aromatic N) is 1. The van der Waals surface area contributed by atoms with E-state index in [2.05, 4.69) is 17.2 Å². The lowest BCUT2D eigenvalue weighted by molar-refractivity contribution is 0.329. The SMILES string of the molecule is CCCNc1ccc(N)c(OCC)n1. The number of nitrogens with two attached hydrogens (primary N) is 1. The second-order valence-electron chi connectivity index (χ2n) is 2.95. The predicted molar refractivity (Wildman–Crippen MR) is 58.6 cm³/mol. The Kier molecular flexibility index (Phi) is 4.04. The van der Waals surface area contributed by atoms with E-state index in [0.717, 1.165) is 18.8 Å². The molecule has 1 aromatic heterocycles. The summed E-state index contributed by atoms with van der Waals surface area (Å²) in [7, 11) is 0. The van der Waals surface area contributed by atoms with Crippen LogP contribution in [-0.4, -0.2) is 18.1 Å². The van der Waals surface area contributed by atoms with Crippen LogP contribution in [0.1, 0.15) is 20.3 Å². The molecule has 0 unspecified atom stereocenters. The number of pyridine rings is 1. The van der Waals surface area contributed by atoms with E-state index in [1.54, 1.807) is 6.07 Å². The van der Waals surface area contributed by atoms with Gasteiger partial charge < -0.3 is 15.8 Å². The minimum Gasteiger partial charge on any atom is -0.476 e. The van der Waals surface area contributed by atoms with E-state index in [0.29, 0.717) is 18.2 Å². The van der Waals surface area contributed by atoms with Crippen LogP contribution in [0.2, 0.25) is 0 Å². The second kappa shape index (κ2) is 5.32. The summed E-state index contributed by atoms with van der Waals surface area (Å²) in [6.45, 7) is 5.50. The van der Waals surface area contributed by atoms with Crippen LogP contribution >= 0.6 is 0 Å². The van der Waals surface area contributed by atoms with Crippen molar-refractivity contribution in [2.75, 3.05) is 24.2 Å². The van der Waals surface area contributed by atoms with Gasteiger partial charge in [-0.25, -0.2) is 0 Å². The number of ether oxygens (including phenoxy) is 1. The fraction of sp³-hybridized carbons (Fsp3) is 0.500. The summed E-state index contributed by atoms with van der Waals surface area (Å²) in [5.41, 5.74) is 6.27. The lowest BCUT2D eigenvalue weighted by Crippen LogP contribution is -2.05. The van der Waals surface area contributed by atoms with Crippen molar-refractivity contribution in [3.63, 3.8) is 0 Å². The molecule has 78 valence electrons. The molecule has 4 nitrogen and oxygen atoms in total. The van der Waals surface area contributed by atoms with Gasteiger partial charge >= 0.3 is 0 Å². The molecule has 0 saturated carbocycles. The normalized spacial score (nSPS) is 9.86. The first-order chi connectivity index (χ1) is 6.77. The van der Waals surface area contributed by atoms with Gasteiger partial charge in [0.2, 0.25) is 5.88 Å². The topological polar surface area (TPSA) is 60.2 Å². The van der Waals surface area contributed by atoms with Crippen molar-refractivity contribution < 1.29 is 4.74 Å². The van der Waals surface area contributed by atoms with Gasteiger partial charge in [-0.1, -0.05) is 6.92 Å². The smallest absolute Gasteiger partial charge is 0.239 e. The Labute approximate surface area is 84.5 Å². The molecule has 3 N–H and O–H groups in total. The van der Waals surface area contributed by atoms with Crippen molar-refractivity contribution in [1.82, 2.24) is 4.98 Å². The molecule has 1 heterocycles. The van der Waals surface area contributed by atoms with Crippen LogP contribution in [-0.2, 0) is 0 Å². The van der Waals surface area contributed by atoms with Gasteiger partial charge in [-0.3, -0.25) is 0 Å². The number of nitrogens with one attached hydrogen (secondary N) is 1. The van der Waals surface area contributed by atoms with Gasteiger partial charge in [0.05, 0.1) is 12.3 Å². The van der Waals surface area contributed by atoms with E-state index >= 15 is 0 Å². The van der Waals surface area contributed by atoms with Gasteiger partial charge in [-0.15, -0.1) is 0 Å². The van der Waals surface area contributed by atoms with Gasteiger partial charge in [0, 0.05) is 6.54 Å². The maximum atomic E-state index is 5.69. The van der Waals surface area contributed by atoms with Crippen LogP contribution in [0.4, 0.5) is 11.5 Å². The van der Waals surface area contributed by atoms with E-state index < -0.39 is 0 Å². The molecule has 14 heavy (non-hydrogen) atoms. The third-order valence-corrected chi connectivity index (χ3v) is 1.73. The molecular formula is C10H17N3O. The standard InChI is InChI=1S/C10H17N3O/c1-3-7-12-9-6-5-8(11)10(13-9)14-4-2/h5-6H,3-4,7,11H2,1-2H3,(H,12,13). The Bertz CT molecular complexity index is 289. The maximum absolute atomic E-state index is 5.69. The van der Waals surface area contributed by atoms with E-state index in [4.69, 9.17) is 10.5 Å². The summed E-state index contributed by atoms with van der Waals surface area (Å²) in [4.78, 5) is 4.24. The quantitative estimate of drug-likeness (QED) is 0.753. The highest BCUT2D eigenvalue weighted by atomic mass is 16.5. The van der Waals surface area contributed by atoms with E-state index in [-0.39, 0.29) is 0 Å². The summed E-state index contributed by atoms with van der Waals surface area (Å²) in [5.74, 6) is 1.32. The highest BCUT2D eigenvalue weighted by Gasteiger charge is 2.02. The highest BCUT2D eigenvalue weighted by molar-refractivity contribution is 5.53. The zero-order valence-electron chi connectivity index (χ0n) is 8.71. The van der Waals surface area contributed by atoms with E-state index in [1.807, 2.05) is 13.0 Å². The van der Waals surface area contributed by atoms with Gasteiger partial charge in [-0.05, 0) is 25.5 Å². The first kappa shape index (κ1) is 10.6. The molecule has 0 aliphatic heterocycles. The van der Waals surface area contributed by atoms with E-state index in [1.165, 1.54) is 0 Å². The second-order valence-corrected chi connectivity index (χ2v) is 2.95. The van der Waals surface area contributed by atoms with Gasteiger partial charge in [0.15, 0.2) is 0 Å². The fourth-order valence-corrected chi connectivity index (χ4v) is 1.06. The molecule has 0 aliphatic carbocycles. The minimum absolute atomic E-state index is 0.508. The van der Waals surface area contributed by atoms with Crippen molar-refractivity contribution in [1.29, 1.82) is 0 Å². The third-order valence-electron chi connectivity index (χ3n) is 1.73. The molecule has 0 radical (unpaired) electrons. The number of anilines is 2. The number of hydrogen-bond acceptors (Lipinski definition) is 4. The van der Waals surface area contributed by atoms with Crippen molar-refractivity contribution in [2.45, 2.75) is 20.3 Å². The van der Waals surface area contributed by atoms with Crippen LogP contribution in [0.25, 0.3) is 0 Å². The van der Waals surface area contributed by atoms with Crippen molar-refractivity contribution in [3.8, 4) is 5.88 Å². The summed E-state index contributed by atoms with van der Waals surface area (Å²) in [6, 6.07) is 3.66. The Morgan fingerprint density at radius 2 is 2.21 bits per heavy atom. The Morgan fingerprint density at radius 3 is 2.86 bits per heavy atom. The van der Waals surface area contributed by atoms with Gasteiger partial charge in [0.25, 0.3) is 0 Å². The first-order valence-corrected chi connectivity index (χ1v) is 4.91. The highest BCUT2D eigenvalue weighted by Crippen LogP contribution is 2.20. The zero-order valence-corrected chi connectivity index (χ0v) is 8.71. The Hall–Kier alpha value is -1.45. The van der Waals surface area contributed by atoms with Gasteiger partial charge in [0.1, 0.15) is 5.82 Å². The summed E-state index contributed by atoms with van der Waals surface area (Å²) in [6.07, 6.45) is 1.07. The third kappa shape index (κ3) is 2.80. The molecular weight excluding hydrogens is 178 g/mol. The molecule has 0 bridgehead atoms. The maximum Gasteiger partial charge on any atom is 0.239 e. The molecule has 0 saturated heterocycles. The summed E-state index contributed by atoms with van der Waals surface area (Å²) < 4.78 is 5.28. The predicted octanol–water partition coefficient (Wildman–Crippen LogP) is 1.88. The van der Waals surface area contributed by atoms with Crippen LogP contribution < -0.4 is 15.8 Å². The lowest BCUT2D eigenvalue weighted by atomic mass is 10.4. The molecule has 0 aromatic carbocycles. The Balaban J connectivity index is 2.72. The van der Waals surface area contributed by atoms with Crippen molar-refractivity contribution in [2.24, 2.45) is 0 Å². The zero-order chi connectivity index (χ0) is 10.4. The molecule has 0 spiro atoms. The average Bonchev–Trinajstić information content (AvgIpc) is 2.19. The Morgan fingerprint density at radius 1 is 1.43 bits per heavy atom. The summed E-state index contributed by atoms with van der Waals surface area (Å²) >= 11 is 0. The molecule has 4 heteroatoms.